The molecule has 1 fully saturated rings. The van der Waals surface area contributed by atoms with Crippen LogP contribution in [0.25, 0.3) is 0 Å². The molecule has 126 valence electrons. The summed E-state index contributed by atoms with van der Waals surface area (Å²) in [7, 11) is 1.48. The van der Waals surface area contributed by atoms with Crippen molar-refractivity contribution in [3.05, 3.63) is 71.8 Å². The molecule has 0 aromatic heterocycles. The predicted molar refractivity (Wildman–Crippen MR) is 95.9 cm³/mol. The number of piperidine rings is 1. The summed E-state index contributed by atoms with van der Waals surface area (Å²) in [6, 6.07) is 21.4. The van der Waals surface area contributed by atoms with Crippen molar-refractivity contribution in [2.24, 2.45) is 5.92 Å². The molecule has 1 saturated heterocycles. The number of benzene rings is 2. The molecular formula is C21H25NO2. The second-order valence-corrected chi connectivity index (χ2v) is 6.47. The lowest BCUT2D eigenvalue weighted by Crippen LogP contribution is -2.39. The standard InChI is InChI=1S/C21H25NO2/c1-24-21(23)19-12-14-22(15-13-19)16-20(17-8-4-2-5-9-17)18-10-6-3-7-11-18/h2-11,19-20H,12-16H2,1H3. The van der Waals surface area contributed by atoms with Gasteiger partial charge in [0.1, 0.15) is 0 Å². The van der Waals surface area contributed by atoms with E-state index in [1.54, 1.807) is 0 Å². The van der Waals surface area contributed by atoms with Gasteiger partial charge in [0.2, 0.25) is 0 Å². The minimum atomic E-state index is -0.0580. The molecule has 0 saturated carbocycles. The SMILES string of the molecule is COC(=O)C1CCN(CC(c2ccccc2)c2ccccc2)CC1. The summed E-state index contributed by atoms with van der Waals surface area (Å²) in [4.78, 5) is 14.2. The van der Waals surface area contributed by atoms with Gasteiger partial charge in [-0.1, -0.05) is 60.7 Å². The number of carbonyl (C=O) groups excluding carboxylic acids is 1. The zero-order valence-electron chi connectivity index (χ0n) is 14.2. The van der Waals surface area contributed by atoms with Gasteiger partial charge in [-0.3, -0.25) is 4.79 Å². The Morgan fingerprint density at radius 3 is 1.96 bits per heavy atom. The number of methoxy groups -OCH3 is 1. The molecule has 2 aromatic carbocycles. The van der Waals surface area contributed by atoms with Crippen molar-refractivity contribution in [2.75, 3.05) is 26.7 Å². The average Bonchev–Trinajstić information content (AvgIpc) is 2.67. The molecule has 24 heavy (non-hydrogen) atoms. The first-order chi connectivity index (χ1) is 11.8. The molecule has 1 aliphatic rings. The van der Waals surface area contributed by atoms with Gasteiger partial charge in [0.25, 0.3) is 0 Å². The maximum Gasteiger partial charge on any atom is 0.308 e. The van der Waals surface area contributed by atoms with E-state index in [0.717, 1.165) is 32.5 Å². The van der Waals surface area contributed by atoms with Crippen LogP contribution in [-0.4, -0.2) is 37.6 Å². The highest BCUT2D eigenvalue weighted by atomic mass is 16.5. The normalized spacial score (nSPS) is 16.2. The zero-order chi connectivity index (χ0) is 16.8. The van der Waals surface area contributed by atoms with Gasteiger partial charge >= 0.3 is 5.97 Å². The van der Waals surface area contributed by atoms with Crippen molar-refractivity contribution < 1.29 is 9.53 Å². The van der Waals surface area contributed by atoms with Gasteiger partial charge in [0.15, 0.2) is 0 Å². The van der Waals surface area contributed by atoms with E-state index in [1.807, 2.05) is 0 Å². The number of nitrogens with zero attached hydrogens (tertiary/aromatic N) is 1. The predicted octanol–water partition coefficient (Wildman–Crippen LogP) is 3.70. The number of rotatable bonds is 5. The highest BCUT2D eigenvalue weighted by molar-refractivity contribution is 5.72. The third-order valence-corrected chi connectivity index (χ3v) is 4.97. The van der Waals surface area contributed by atoms with E-state index < -0.39 is 0 Å². The molecule has 0 bridgehead atoms. The summed E-state index contributed by atoms with van der Waals surface area (Å²) in [5.41, 5.74) is 2.69. The number of ether oxygens (including phenoxy) is 1. The largest absolute Gasteiger partial charge is 0.469 e. The van der Waals surface area contributed by atoms with Gasteiger partial charge in [-0.05, 0) is 37.1 Å². The van der Waals surface area contributed by atoms with Gasteiger partial charge in [-0.25, -0.2) is 0 Å². The summed E-state index contributed by atoms with van der Waals surface area (Å²) < 4.78 is 4.89. The van der Waals surface area contributed by atoms with E-state index in [0.29, 0.717) is 5.92 Å². The van der Waals surface area contributed by atoms with Gasteiger partial charge in [-0.2, -0.15) is 0 Å². The second-order valence-electron chi connectivity index (χ2n) is 6.47. The first-order valence-corrected chi connectivity index (χ1v) is 8.68. The Morgan fingerprint density at radius 1 is 1.00 bits per heavy atom. The first-order valence-electron chi connectivity index (χ1n) is 8.68. The molecule has 0 amide bonds. The van der Waals surface area contributed by atoms with Crippen molar-refractivity contribution in [1.29, 1.82) is 0 Å². The second kappa shape index (κ2) is 8.11. The van der Waals surface area contributed by atoms with Gasteiger partial charge in [0.05, 0.1) is 13.0 Å². The van der Waals surface area contributed by atoms with E-state index in [-0.39, 0.29) is 11.9 Å². The molecule has 0 aliphatic carbocycles. The smallest absolute Gasteiger partial charge is 0.308 e. The fourth-order valence-corrected chi connectivity index (χ4v) is 3.55. The van der Waals surface area contributed by atoms with Crippen molar-refractivity contribution in [3.8, 4) is 0 Å². The van der Waals surface area contributed by atoms with Crippen LogP contribution in [0.1, 0.15) is 29.9 Å². The number of carbonyl (C=O) groups is 1. The lowest BCUT2D eigenvalue weighted by molar-refractivity contribution is -0.147. The Bertz CT molecular complexity index is 594. The summed E-state index contributed by atoms with van der Waals surface area (Å²) >= 11 is 0. The fraction of sp³-hybridized carbons (Fsp3) is 0.381. The highest BCUT2D eigenvalue weighted by Gasteiger charge is 2.27. The summed E-state index contributed by atoms with van der Waals surface area (Å²) in [5, 5.41) is 0. The molecule has 3 nitrogen and oxygen atoms in total. The molecule has 0 unspecified atom stereocenters. The quantitative estimate of drug-likeness (QED) is 0.786. The fourth-order valence-electron chi connectivity index (χ4n) is 3.55. The lowest BCUT2D eigenvalue weighted by atomic mass is 9.89. The summed E-state index contributed by atoms with van der Waals surface area (Å²) in [6.45, 7) is 2.90. The van der Waals surface area contributed by atoms with Crippen LogP contribution < -0.4 is 0 Å². The summed E-state index contributed by atoms with van der Waals surface area (Å²) in [5.74, 6) is 0.373. The van der Waals surface area contributed by atoms with E-state index in [9.17, 15) is 4.79 Å². The Balaban J connectivity index is 1.71. The molecule has 2 aromatic rings. The number of hydrogen-bond donors (Lipinski definition) is 0. The average molecular weight is 323 g/mol. The van der Waals surface area contributed by atoms with E-state index in [2.05, 4.69) is 65.6 Å². The van der Waals surface area contributed by atoms with Crippen molar-refractivity contribution >= 4 is 5.97 Å². The molecule has 1 heterocycles. The van der Waals surface area contributed by atoms with Crippen molar-refractivity contribution in [1.82, 2.24) is 4.90 Å². The van der Waals surface area contributed by atoms with E-state index in [4.69, 9.17) is 4.74 Å². The van der Waals surface area contributed by atoms with E-state index >= 15 is 0 Å². The zero-order valence-corrected chi connectivity index (χ0v) is 14.2. The Hall–Kier alpha value is -2.13. The lowest BCUT2D eigenvalue weighted by Gasteiger charge is -2.33. The number of esters is 1. The molecule has 0 radical (unpaired) electrons. The maximum absolute atomic E-state index is 11.7. The minimum Gasteiger partial charge on any atom is -0.469 e. The summed E-state index contributed by atoms with van der Waals surface area (Å²) in [6.07, 6.45) is 1.78. The molecular weight excluding hydrogens is 298 g/mol. The third-order valence-electron chi connectivity index (χ3n) is 4.97. The Morgan fingerprint density at radius 2 is 1.50 bits per heavy atom. The third kappa shape index (κ3) is 4.04. The highest BCUT2D eigenvalue weighted by Crippen LogP contribution is 2.28. The molecule has 0 spiro atoms. The van der Waals surface area contributed by atoms with Crippen LogP contribution in [0.2, 0.25) is 0 Å². The van der Waals surface area contributed by atoms with Gasteiger partial charge in [0, 0.05) is 12.5 Å². The maximum atomic E-state index is 11.7. The number of hydrogen-bond acceptors (Lipinski definition) is 3. The van der Waals surface area contributed by atoms with Gasteiger partial charge in [-0.15, -0.1) is 0 Å². The molecule has 1 aliphatic heterocycles. The van der Waals surface area contributed by atoms with Crippen LogP contribution >= 0.6 is 0 Å². The molecule has 3 rings (SSSR count). The number of likely N-dealkylation sites (tertiary alicyclic amines) is 1. The van der Waals surface area contributed by atoms with E-state index in [1.165, 1.54) is 18.2 Å². The Labute approximate surface area is 144 Å². The van der Waals surface area contributed by atoms with Crippen molar-refractivity contribution in [3.63, 3.8) is 0 Å². The van der Waals surface area contributed by atoms with Crippen LogP contribution in [-0.2, 0) is 9.53 Å². The van der Waals surface area contributed by atoms with Crippen LogP contribution in [0, 0.1) is 5.92 Å². The molecule has 3 heteroatoms. The van der Waals surface area contributed by atoms with Crippen LogP contribution in [0.3, 0.4) is 0 Å². The van der Waals surface area contributed by atoms with Crippen LogP contribution in [0.4, 0.5) is 0 Å². The first kappa shape index (κ1) is 16.7. The topological polar surface area (TPSA) is 29.5 Å². The minimum absolute atomic E-state index is 0.0580. The van der Waals surface area contributed by atoms with Crippen LogP contribution in [0.15, 0.2) is 60.7 Å². The molecule has 0 N–H and O–H groups in total. The Kier molecular flexibility index (Phi) is 5.65. The molecule has 0 atom stereocenters. The van der Waals surface area contributed by atoms with Crippen molar-refractivity contribution in [2.45, 2.75) is 18.8 Å². The monoisotopic (exact) mass is 323 g/mol. The van der Waals surface area contributed by atoms with Gasteiger partial charge < -0.3 is 9.64 Å². The van der Waals surface area contributed by atoms with Crippen LogP contribution in [0.5, 0.6) is 0 Å².